The molecule has 2 aromatic carbocycles. The van der Waals surface area contributed by atoms with Crippen LogP contribution in [-0.2, 0) is 6.42 Å². The molecule has 0 aliphatic heterocycles. The van der Waals surface area contributed by atoms with Crippen molar-refractivity contribution in [3.8, 4) is 11.5 Å². The third-order valence-corrected chi connectivity index (χ3v) is 3.77. The summed E-state index contributed by atoms with van der Waals surface area (Å²) in [6, 6.07) is 13.2. The van der Waals surface area contributed by atoms with E-state index in [9.17, 15) is 4.79 Å². The van der Waals surface area contributed by atoms with Gasteiger partial charge in [0.1, 0.15) is 0 Å². The molecule has 0 spiro atoms. The number of hydrogen-bond donors (Lipinski definition) is 2. The molecular formula is C19H25N3O3. The Labute approximate surface area is 148 Å². The van der Waals surface area contributed by atoms with Crippen LogP contribution in [0.15, 0.2) is 42.5 Å². The highest BCUT2D eigenvalue weighted by molar-refractivity contribution is 5.89. The Bertz CT molecular complexity index is 717. The lowest BCUT2D eigenvalue weighted by atomic mass is 10.1. The zero-order chi connectivity index (χ0) is 18.2. The Morgan fingerprint density at radius 2 is 1.80 bits per heavy atom. The van der Waals surface area contributed by atoms with Crippen molar-refractivity contribution in [2.75, 3.05) is 45.1 Å². The summed E-state index contributed by atoms with van der Waals surface area (Å²) in [4.78, 5) is 14.0. The number of carbonyl (C=O) groups is 1. The molecule has 25 heavy (non-hydrogen) atoms. The molecule has 6 heteroatoms. The molecule has 0 aromatic heterocycles. The van der Waals surface area contributed by atoms with Crippen molar-refractivity contribution >= 4 is 17.4 Å². The first kappa shape index (κ1) is 18.4. The van der Waals surface area contributed by atoms with Crippen LogP contribution in [0.1, 0.15) is 5.56 Å². The van der Waals surface area contributed by atoms with Gasteiger partial charge in [-0.05, 0) is 42.3 Å². The first-order valence-electron chi connectivity index (χ1n) is 8.06. The number of anilines is 2. The molecule has 0 saturated heterocycles. The van der Waals surface area contributed by atoms with Crippen LogP contribution in [0.2, 0.25) is 0 Å². The predicted molar refractivity (Wildman–Crippen MR) is 101 cm³/mol. The van der Waals surface area contributed by atoms with E-state index < -0.39 is 0 Å². The van der Waals surface area contributed by atoms with Crippen LogP contribution < -0.4 is 25.0 Å². The zero-order valence-electron chi connectivity index (χ0n) is 15.1. The van der Waals surface area contributed by atoms with E-state index in [0.29, 0.717) is 24.5 Å². The van der Waals surface area contributed by atoms with Gasteiger partial charge in [-0.1, -0.05) is 12.1 Å². The SMILES string of the molecule is COc1ccc(CCNC(=O)Nc2cccc(N(C)C)c2)cc1OC. The second-order valence-electron chi connectivity index (χ2n) is 5.76. The van der Waals surface area contributed by atoms with Crippen LogP contribution in [0, 0.1) is 0 Å². The summed E-state index contributed by atoms with van der Waals surface area (Å²) < 4.78 is 10.5. The molecule has 0 aliphatic carbocycles. The number of nitrogens with zero attached hydrogens (tertiary/aromatic N) is 1. The first-order chi connectivity index (χ1) is 12.0. The minimum absolute atomic E-state index is 0.226. The molecule has 0 saturated carbocycles. The van der Waals surface area contributed by atoms with Gasteiger partial charge in [0.25, 0.3) is 0 Å². The molecule has 0 heterocycles. The van der Waals surface area contributed by atoms with Gasteiger partial charge in [0.15, 0.2) is 11.5 Å². The standard InChI is InChI=1S/C19H25N3O3/c1-22(2)16-7-5-6-15(13-16)21-19(23)20-11-10-14-8-9-17(24-3)18(12-14)25-4/h5-9,12-13H,10-11H2,1-4H3,(H2,20,21,23). The number of carbonyl (C=O) groups excluding carboxylic acids is 1. The van der Waals surface area contributed by atoms with Gasteiger partial charge in [-0.2, -0.15) is 0 Å². The van der Waals surface area contributed by atoms with Crippen molar-refractivity contribution in [2.45, 2.75) is 6.42 Å². The van der Waals surface area contributed by atoms with Gasteiger partial charge >= 0.3 is 6.03 Å². The van der Waals surface area contributed by atoms with Crippen molar-refractivity contribution in [1.29, 1.82) is 0 Å². The summed E-state index contributed by atoms with van der Waals surface area (Å²) in [5, 5.41) is 5.70. The van der Waals surface area contributed by atoms with Gasteiger partial charge in [-0.15, -0.1) is 0 Å². The quantitative estimate of drug-likeness (QED) is 0.811. The third-order valence-electron chi connectivity index (χ3n) is 3.77. The summed E-state index contributed by atoms with van der Waals surface area (Å²) in [7, 11) is 7.13. The fourth-order valence-corrected chi connectivity index (χ4v) is 2.39. The number of rotatable bonds is 7. The van der Waals surface area contributed by atoms with Crippen molar-refractivity contribution in [2.24, 2.45) is 0 Å². The minimum Gasteiger partial charge on any atom is -0.493 e. The number of methoxy groups -OCH3 is 2. The summed E-state index contributed by atoms with van der Waals surface area (Å²) >= 11 is 0. The average molecular weight is 343 g/mol. The molecule has 2 amide bonds. The van der Waals surface area contributed by atoms with E-state index in [-0.39, 0.29) is 6.03 Å². The molecule has 0 radical (unpaired) electrons. The molecule has 0 aliphatic rings. The predicted octanol–water partition coefficient (Wildman–Crippen LogP) is 3.13. The molecule has 2 aromatic rings. The van der Waals surface area contributed by atoms with E-state index in [1.807, 2.05) is 61.5 Å². The highest BCUT2D eigenvalue weighted by Gasteiger charge is 2.06. The summed E-state index contributed by atoms with van der Waals surface area (Å²) in [5.41, 5.74) is 2.85. The largest absolute Gasteiger partial charge is 0.493 e. The van der Waals surface area contributed by atoms with Crippen LogP contribution >= 0.6 is 0 Å². The maximum atomic E-state index is 12.0. The fraction of sp³-hybridized carbons (Fsp3) is 0.316. The van der Waals surface area contributed by atoms with E-state index in [1.54, 1.807) is 14.2 Å². The Balaban J connectivity index is 1.85. The number of amides is 2. The highest BCUT2D eigenvalue weighted by atomic mass is 16.5. The molecule has 0 bridgehead atoms. The normalized spacial score (nSPS) is 10.1. The summed E-state index contributed by atoms with van der Waals surface area (Å²) in [6.45, 7) is 0.523. The lowest BCUT2D eigenvalue weighted by Crippen LogP contribution is -2.30. The zero-order valence-corrected chi connectivity index (χ0v) is 15.1. The molecule has 134 valence electrons. The minimum atomic E-state index is -0.226. The van der Waals surface area contributed by atoms with E-state index in [0.717, 1.165) is 16.9 Å². The van der Waals surface area contributed by atoms with E-state index in [2.05, 4.69) is 10.6 Å². The third kappa shape index (κ3) is 5.31. The van der Waals surface area contributed by atoms with E-state index in [1.165, 1.54) is 0 Å². The molecule has 2 rings (SSSR count). The number of ether oxygens (including phenoxy) is 2. The van der Waals surface area contributed by atoms with Crippen LogP contribution in [0.3, 0.4) is 0 Å². The Morgan fingerprint density at radius 3 is 2.48 bits per heavy atom. The Kier molecular flexibility index (Phi) is 6.51. The number of nitrogens with one attached hydrogen (secondary N) is 2. The second kappa shape index (κ2) is 8.82. The number of urea groups is 1. The van der Waals surface area contributed by atoms with Gasteiger partial charge in [-0.3, -0.25) is 0 Å². The van der Waals surface area contributed by atoms with Gasteiger partial charge < -0.3 is 25.0 Å². The first-order valence-corrected chi connectivity index (χ1v) is 8.06. The van der Waals surface area contributed by atoms with Crippen LogP contribution in [0.4, 0.5) is 16.2 Å². The van der Waals surface area contributed by atoms with Gasteiger partial charge in [0.05, 0.1) is 14.2 Å². The average Bonchev–Trinajstić information content (AvgIpc) is 2.61. The second-order valence-corrected chi connectivity index (χ2v) is 5.76. The van der Waals surface area contributed by atoms with Gasteiger partial charge in [-0.25, -0.2) is 4.79 Å². The van der Waals surface area contributed by atoms with Gasteiger partial charge in [0, 0.05) is 32.0 Å². The van der Waals surface area contributed by atoms with Crippen LogP contribution in [-0.4, -0.2) is 40.9 Å². The van der Waals surface area contributed by atoms with E-state index in [4.69, 9.17) is 9.47 Å². The Morgan fingerprint density at radius 1 is 1.04 bits per heavy atom. The van der Waals surface area contributed by atoms with Crippen molar-refractivity contribution in [3.63, 3.8) is 0 Å². The van der Waals surface area contributed by atoms with Crippen LogP contribution in [0.25, 0.3) is 0 Å². The summed E-state index contributed by atoms with van der Waals surface area (Å²) in [6.07, 6.45) is 0.700. The summed E-state index contributed by atoms with van der Waals surface area (Å²) in [5.74, 6) is 1.38. The molecule has 2 N–H and O–H groups in total. The van der Waals surface area contributed by atoms with Gasteiger partial charge in [0.2, 0.25) is 0 Å². The fourth-order valence-electron chi connectivity index (χ4n) is 2.39. The maximum absolute atomic E-state index is 12.0. The molecule has 0 atom stereocenters. The van der Waals surface area contributed by atoms with Crippen LogP contribution in [0.5, 0.6) is 11.5 Å². The lowest BCUT2D eigenvalue weighted by Gasteiger charge is -2.14. The maximum Gasteiger partial charge on any atom is 0.319 e. The smallest absolute Gasteiger partial charge is 0.319 e. The van der Waals surface area contributed by atoms with Crippen molar-refractivity contribution in [1.82, 2.24) is 5.32 Å². The lowest BCUT2D eigenvalue weighted by molar-refractivity contribution is 0.252. The van der Waals surface area contributed by atoms with Crippen molar-refractivity contribution in [3.05, 3.63) is 48.0 Å². The number of benzene rings is 2. The topological polar surface area (TPSA) is 62.8 Å². The molecular weight excluding hydrogens is 318 g/mol. The molecule has 6 nitrogen and oxygen atoms in total. The highest BCUT2D eigenvalue weighted by Crippen LogP contribution is 2.27. The Hall–Kier alpha value is -2.89. The van der Waals surface area contributed by atoms with Crippen molar-refractivity contribution < 1.29 is 14.3 Å². The molecule has 0 unspecified atom stereocenters. The molecule has 0 fully saturated rings. The monoisotopic (exact) mass is 343 g/mol. The van der Waals surface area contributed by atoms with E-state index >= 15 is 0 Å². The number of hydrogen-bond acceptors (Lipinski definition) is 4.